The molecule has 0 unspecified atom stereocenters. The lowest BCUT2D eigenvalue weighted by Gasteiger charge is -2.02. The van der Waals surface area contributed by atoms with Crippen molar-refractivity contribution in [3.8, 4) is 0 Å². The summed E-state index contributed by atoms with van der Waals surface area (Å²) < 4.78 is 1.80. The van der Waals surface area contributed by atoms with Gasteiger partial charge in [0, 0.05) is 18.6 Å². The summed E-state index contributed by atoms with van der Waals surface area (Å²) in [5.74, 6) is -0.160. The summed E-state index contributed by atoms with van der Waals surface area (Å²) in [6.07, 6.45) is 14.3. The monoisotopic (exact) mass is 268 g/mol. The Morgan fingerprint density at radius 2 is 2.20 bits per heavy atom. The second-order valence-electron chi connectivity index (χ2n) is 4.07. The summed E-state index contributed by atoms with van der Waals surface area (Å²) in [6.45, 7) is 4.21. The van der Waals surface area contributed by atoms with Crippen molar-refractivity contribution in [1.82, 2.24) is 20.1 Å². The second kappa shape index (κ2) is 6.47. The molecular formula is C15H16N4O. The minimum Gasteiger partial charge on any atom is -0.355 e. The molecular weight excluding hydrogens is 252 g/mol. The van der Waals surface area contributed by atoms with Crippen molar-refractivity contribution in [2.45, 2.75) is 6.54 Å². The number of rotatable bonds is 5. The Labute approximate surface area is 117 Å². The molecule has 2 aromatic rings. The summed E-state index contributed by atoms with van der Waals surface area (Å²) >= 11 is 0. The molecule has 0 radical (unpaired) electrons. The molecule has 0 aliphatic rings. The molecule has 5 nitrogen and oxygen atoms in total. The van der Waals surface area contributed by atoms with Crippen LogP contribution in [0.4, 0.5) is 0 Å². The minimum atomic E-state index is -0.160. The number of nitrogens with one attached hydrogen (secondary N) is 1. The Bertz CT molecular complexity index is 682. The van der Waals surface area contributed by atoms with Crippen LogP contribution in [0.15, 0.2) is 55.5 Å². The average Bonchev–Trinajstić information content (AvgIpc) is 2.89. The molecule has 2 aromatic heterocycles. The van der Waals surface area contributed by atoms with Crippen LogP contribution >= 0.6 is 0 Å². The molecule has 2 heterocycles. The van der Waals surface area contributed by atoms with E-state index in [9.17, 15) is 4.79 Å². The molecule has 0 aromatic carbocycles. The fraction of sp³-hybridized carbons (Fsp3) is 0.133. The highest BCUT2D eigenvalue weighted by Gasteiger charge is 2.11. The number of fused-ring (bicyclic) bond motifs is 1. The number of pyridine rings is 1. The Morgan fingerprint density at radius 1 is 1.35 bits per heavy atom. The molecule has 0 bridgehead atoms. The highest BCUT2D eigenvalue weighted by atomic mass is 16.1. The molecule has 5 heteroatoms. The molecule has 0 saturated heterocycles. The van der Waals surface area contributed by atoms with Gasteiger partial charge in [0.1, 0.15) is 0 Å². The van der Waals surface area contributed by atoms with E-state index in [2.05, 4.69) is 22.0 Å². The van der Waals surface area contributed by atoms with Gasteiger partial charge in [-0.25, -0.2) is 0 Å². The van der Waals surface area contributed by atoms with E-state index < -0.39 is 0 Å². The van der Waals surface area contributed by atoms with Crippen molar-refractivity contribution in [1.29, 1.82) is 0 Å². The maximum atomic E-state index is 11.7. The normalized spacial score (nSPS) is 11.4. The first-order valence-electron chi connectivity index (χ1n) is 6.23. The van der Waals surface area contributed by atoms with Crippen LogP contribution in [0.1, 0.15) is 10.4 Å². The van der Waals surface area contributed by atoms with Gasteiger partial charge < -0.3 is 5.32 Å². The van der Waals surface area contributed by atoms with E-state index in [1.54, 1.807) is 36.4 Å². The first-order chi connectivity index (χ1) is 9.77. The molecule has 2 rings (SSSR count). The summed E-state index contributed by atoms with van der Waals surface area (Å²) in [7, 11) is 1.60. The lowest BCUT2D eigenvalue weighted by Crippen LogP contribution is -2.18. The van der Waals surface area contributed by atoms with Crippen LogP contribution < -0.4 is 5.32 Å². The molecule has 0 spiro atoms. The third-order valence-corrected chi connectivity index (χ3v) is 2.82. The fourth-order valence-corrected chi connectivity index (χ4v) is 1.83. The number of amides is 1. The van der Waals surface area contributed by atoms with E-state index in [1.807, 2.05) is 24.3 Å². The van der Waals surface area contributed by atoms with Gasteiger partial charge in [-0.3, -0.25) is 14.5 Å². The standard InChI is InChI=1S/C15H16N4O/c1-3-4-5-6-7-8-19-14-11-17-9-13(15(20)16-2)12(14)10-18-19/h3-7,9-11H,1,8H2,2H3,(H,16,20)/b5-4-,7-6-. The van der Waals surface area contributed by atoms with E-state index in [1.165, 1.54) is 0 Å². The van der Waals surface area contributed by atoms with Crippen molar-refractivity contribution < 1.29 is 4.79 Å². The van der Waals surface area contributed by atoms with Crippen molar-refractivity contribution in [3.63, 3.8) is 0 Å². The molecule has 1 amide bonds. The van der Waals surface area contributed by atoms with Crippen LogP contribution in [-0.4, -0.2) is 27.7 Å². The van der Waals surface area contributed by atoms with Crippen LogP contribution in [0.5, 0.6) is 0 Å². The largest absolute Gasteiger partial charge is 0.355 e. The smallest absolute Gasteiger partial charge is 0.253 e. The Morgan fingerprint density at radius 3 is 2.95 bits per heavy atom. The highest BCUT2D eigenvalue weighted by molar-refractivity contribution is 6.05. The van der Waals surface area contributed by atoms with E-state index in [0.717, 1.165) is 10.9 Å². The number of hydrogen-bond donors (Lipinski definition) is 1. The van der Waals surface area contributed by atoms with Crippen LogP contribution in [0.25, 0.3) is 10.9 Å². The Hall–Kier alpha value is -2.69. The molecule has 0 aliphatic carbocycles. The van der Waals surface area contributed by atoms with E-state index >= 15 is 0 Å². The molecule has 1 N–H and O–H groups in total. The van der Waals surface area contributed by atoms with Crippen LogP contribution in [-0.2, 0) is 6.54 Å². The van der Waals surface area contributed by atoms with Crippen molar-refractivity contribution in [2.75, 3.05) is 7.05 Å². The van der Waals surface area contributed by atoms with Gasteiger partial charge in [0.15, 0.2) is 0 Å². The van der Waals surface area contributed by atoms with E-state index in [4.69, 9.17) is 0 Å². The summed E-state index contributed by atoms with van der Waals surface area (Å²) in [4.78, 5) is 15.8. The summed E-state index contributed by atoms with van der Waals surface area (Å²) in [6, 6.07) is 0. The quantitative estimate of drug-likeness (QED) is 0.845. The van der Waals surface area contributed by atoms with Gasteiger partial charge in [-0.1, -0.05) is 37.0 Å². The summed E-state index contributed by atoms with van der Waals surface area (Å²) in [5.41, 5.74) is 1.37. The predicted octanol–water partition coefficient (Wildman–Crippen LogP) is 2.09. The number of carbonyl (C=O) groups excluding carboxylic acids is 1. The SMILES string of the molecule is C=C/C=C\C=C/Cn1ncc2c(C(=O)NC)cncc21. The van der Waals surface area contributed by atoms with Gasteiger partial charge in [0.2, 0.25) is 0 Å². The van der Waals surface area contributed by atoms with E-state index in [-0.39, 0.29) is 5.91 Å². The van der Waals surface area contributed by atoms with Crippen molar-refractivity contribution >= 4 is 16.8 Å². The fourth-order valence-electron chi connectivity index (χ4n) is 1.83. The highest BCUT2D eigenvalue weighted by Crippen LogP contribution is 2.17. The van der Waals surface area contributed by atoms with Gasteiger partial charge >= 0.3 is 0 Å². The van der Waals surface area contributed by atoms with Gasteiger partial charge in [0.25, 0.3) is 5.91 Å². The molecule has 0 atom stereocenters. The zero-order chi connectivity index (χ0) is 14.4. The lowest BCUT2D eigenvalue weighted by atomic mass is 10.2. The third-order valence-electron chi connectivity index (χ3n) is 2.82. The van der Waals surface area contributed by atoms with Gasteiger partial charge in [-0.05, 0) is 0 Å². The first-order valence-corrected chi connectivity index (χ1v) is 6.23. The zero-order valence-corrected chi connectivity index (χ0v) is 11.3. The van der Waals surface area contributed by atoms with Crippen LogP contribution in [0.2, 0.25) is 0 Å². The van der Waals surface area contributed by atoms with Crippen molar-refractivity contribution in [2.24, 2.45) is 0 Å². The average molecular weight is 268 g/mol. The topological polar surface area (TPSA) is 59.8 Å². The Kier molecular flexibility index (Phi) is 4.44. The lowest BCUT2D eigenvalue weighted by molar-refractivity contribution is 0.0964. The molecule has 0 fully saturated rings. The predicted molar refractivity (Wildman–Crippen MR) is 79.4 cm³/mol. The number of aromatic nitrogens is 3. The third kappa shape index (κ3) is 2.83. The van der Waals surface area contributed by atoms with Gasteiger partial charge in [0.05, 0.1) is 30.0 Å². The summed E-state index contributed by atoms with van der Waals surface area (Å²) in [5, 5.41) is 7.69. The number of carbonyl (C=O) groups is 1. The van der Waals surface area contributed by atoms with Crippen LogP contribution in [0.3, 0.4) is 0 Å². The van der Waals surface area contributed by atoms with Crippen LogP contribution in [0, 0.1) is 0 Å². The minimum absolute atomic E-state index is 0.160. The maximum Gasteiger partial charge on any atom is 0.253 e. The Balaban J connectivity index is 2.28. The first kappa shape index (κ1) is 13.7. The second-order valence-corrected chi connectivity index (χ2v) is 4.07. The maximum absolute atomic E-state index is 11.7. The van der Waals surface area contributed by atoms with Gasteiger partial charge in [-0.2, -0.15) is 5.10 Å². The number of hydrogen-bond acceptors (Lipinski definition) is 3. The number of nitrogens with zero attached hydrogens (tertiary/aromatic N) is 3. The van der Waals surface area contributed by atoms with Gasteiger partial charge in [-0.15, -0.1) is 0 Å². The van der Waals surface area contributed by atoms with E-state index in [0.29, 0.717) is 12.1 Å². The van der Waals surface area contributed by atoms with Crippen molar-refractivity contribution in [3.05, 3.63) is 61.1 Å². The molecule has 20 heavy (non-hydrogen) atoms. The zero-order valence-electron chi connectivity index (χ0n) is 11.3. The number of allylic oxidation sites excluding steroid dienone is 5. The molecule has 0 aliphatic heterocycles. The molecule has 0 saturated carbocycles. The molecule has 102 valence electrons.